The molecule has 0 saturated carbocycles. The van der Waals surface area contributed by atoms with E-state index in [9.17, 15) is 0 Å². The van der Waals surface area contributed by atoms with Gasteiger partial charge < -0.3 is 53.3 Å². The number of hydrogen-bond donors (Lipinski definition) is 3. The molecule has 2 aliphatic heterocycles. The number of nitrogens with one attached hydrogen (secondary N) is 3. The third-order valence-corrected chi connectivity index (χ3v) is 12.6. The number of hydrogen-bond acceptors (Lipinski definition) is 13. The van der Waals surface area contributed by atoms with Crippen molar-refractivity contribution in [3.63, 3.8) is 0 Å². The second kappa shape index (κ2) is 21.7. The number of piperidine rings is 2. The summed E-state index contributed by atoms with van der Waals surface area (Å²) in [5.41, 5.74) is 4.73. The fraction of sp³-hybridized carbons (Fsp3) is 0.385. The molecule has 1 atom stereocenters. The van der Waals surface area contributed by atoms with Crippen LogP contribution >= 0.6 is 0 Å². The smallest absolute Gasteiger partial charge is 0.230 e. The zero-order chi connectivity index (χ0) is 46.0. The third kappa shape index (κ3) is 11.1. The van der Waals surface area contributed by atoms with Crippen molar-refractivity contribution in [2.45, 2.75) is 58.0 Å². The Kier molecular flexibility index (Phi) is 14.8. The van der Waals surface area contributed by atoms with E-state index in [1.807, 2.05) is 79.9 Å². The van der Waals surface area contributed by atoms with Crippen molar-refractivity contribution in [3.8, 4) is 46.3 Å². The number of methoxy groups -OCH3 is 3. The van der Waals surface area contributed by atoms with Crippen molar-refractivity contribution in [1.82, 2.24) is 40.1 Å². The predicted octanol–water partition coefficient (Wildman–Crippen LogP) is 10.2. The van der Waals surface area contributed by atoms with Crippen LogP contribution in [0.15, 0.2) is 91.6 Å². The van der Waals surface area contributed by atoms with Crippen LogP contribution in [0.3, 0.4) is 0 Å². The molecule has 15 heteroatoms. The molecule has 0 aliphatic carbocycles. The minimum Gasteiger partial charge on any atom is -0.493 e. The molecule has 2 fully saturated rings. The lowest BCUT2D eigenvalue weighted by Crippen LogP contribution is -2.37. The van der Waals surface area contributed by atoms with Crippen LogP contribution in [0.25, 0.3) is 43.6 Å². The Labute approximate surface area is 390 Å². The molecule has 2 aliphatic rings. The van der Waals surface area contributed by atoms with Gasteiger partial charge in [0.05, 0.1) is 42.6 Å². The Morgan fingerprint density at radius 3 is 2.01 bits per heavy atom. The zero-order valence-corrected chi connectivity index (χ0v) is 38.8. The molecule has 15 nitrogen and oxygen atoms in total. The maximum absolute atomic E-state index is 6.56. The van der Waals surface area contributed by atoms with E-state index in [4.69, 9.17) is 33.2 Å². The lowest BCUT2D eigenvalue weighted by Gasteiger charge is -2.31. The molecule has 4 aromatic carbocycles. The summed E-state index contributed by atoms with van der Waals surface area (Å²) in [6.45, 7) is 8.82. The van der Waals surface area contributed by atoms with E-state index in [0.717, 1.165) is 94.6 Å². The van der Waals surface area contributed by atoms with Gasteiger partial charge in [-0.3, -0.25) is 0 Å². The summed E-state index contributed by atoms with van der Waals surface area (Å²) in [5.74, 6) is 5.49. The number of ether oxygens (including phenoxy) is 7. The van der Waals surface area contributed by atoms with Gasteiger partial charge in [-0.15, -0.1) is 0 Å². The second-order valence-corrected chi connectivity index (χ2v) is 17.2. The number of rotatable bonds is 17. The van der Waals surface area contributed by atoms with Gasteiger partial charge in [0.1, 0.15) is 30.3 Å². The first kappa shape index (κ1) is 45.5. The van der Waals surface area contributed by atoms with Crippen LogP contribution in [-0.4, -0.2) is 108 Å². The van der Waals surface area contributed by atoms with E-state index >= 15 is 0 Å². The van der Waals surface area contributed by atoms with E-state index in [0.29, 0.717) is 65.4 Å². The number of fused-ring (bicyclic) bond motifs is 4. The van der Waals surface area contributed by atoms with E-state index in [2.05, 4.69) is 46.2 Å². The Balaban J connectivity index is 0.000000169. The molecule has 0 spiro atoms. The van der Waals surface area contributed by atoms with Gasteiger partial charge in [-0.25, -0.2) is 19.9 Å². The third-order valence-electron chi connectivity index (χ3n) is 12.6. The minimum atomic E-state index is 0.0393. The number of H-pyrrole nitrogens is 2. The van der Waals surface area contributed by atoms with Gasteiger partial charge >= 0.3 is 0 Å². The van der Waals surface area contributed by atoms with Crippen LogP contribution in [0, 0.1) is 12.8 Å². The van der Waals surface area contributed by atoms with Crippen LogP contribution in [0.4, 0.5) is 0 Å². The largest absolute Gasteiger partial charge is 0.493 e. The summed E-state index contributed by atoms with van der Waals surface area (Å²) < 4.78 is 41.6. The Hall–Kier alpha value is -6.68. The molecule has 2 saturated heterocycles. The maximum atomic E-state index is 6.56. The van der Waals surface area contributed by atoms with Gasteiger partial charge in [-0.05, 0) is 132 Å². The van der Waals surface area contributed by atoms with Crippen LogP contribution in [0.1, 0.15) is 50.6 Å². The average Bonchev–Trinajstić information content (AvgIpc) is 4.00. The van der Waals surface area contributed by atoms with Crippen LogP contribution in [0.5, 0.6) is 46.3 Å². The molecule has 3 N–H and O–H groups in total. The first-order chi connectivity index (χ1) is 32.9. The Morgan fingerprint density at radius 1 is 0.672 bits per heavy atom. The molecule has 10 rings (SSSR count). The number of aryl methyl sites for hydroxylation is 1. The van der Waals surface area contributed by atoms with Gasteiger partial charge in [0.25, 0.3) is 0 Å². The highest BCUT2D eigenvalue weighted by Gasteiger charge is 2.27. The molecule has 350 valence electrons. The van der Waals surface area contributed by atoms with Gasteiger partial charge in [0.15, 0.2) is 23.0 Å². The van der Waals surface area contributed by atoms with Crippen molar-refractivity contribution < 1.29 is 33.2 Å². The highest BCUT2D eigenvalue weighted by molar-refractivity contribution is 5.89. The summed E-state index contributed by atoms with van der Waals surface area (Å²) in [7, 11) is 5.02. The lowest BCUT2D eigenvalue weighted by atomic mass is 9.90. The van der Waals surface area contributed by atoms with Gasteiger partial charge in [0.2, 0.25) is 11.8 Å². The first-order valence-corrected chi connectivity index (χ1v) is 23.3. The van der Waals surface area contributed by atoms with Crippen molar-refractivity contribution in [2.24, 2.45) is 5.92 Å². The standard InChI is InChI=1S/C27H32N4O4.C25H28N4O3/c1-17-12-19-13-20(4-5-22(19)31-17)34-27-21-14-25(33-3)26(15-23(21)29-16-30-27)35-24(8-11-32-2)18-6-9-28-10-7-18;1-30-23-15-20-22(16-24(23)31-13-5-12-29-10-3-2-4-11-29)27-17-28-25(20)32-19-6-7-21-18(14-19)8-9-26-21/h4-5,12-16,18,24,28,31H,6-11H2,1-3H3;6-9,14-17,26H,2-5,10-13H2,1H3. The zero-order valence-electron chi connectivity index (χ0n) is 38.8. The van der Waals surface area contributed by atoms with Crippen molar-refractivity contribution >= 4 is 43.6 Å². The maximum Gasteiger partial charge on any atom is 0.230 e. The van der Waals surface area contributed by atoms with Crippen LogP contribution < -0.4 is 33.7 Å². The lowest BCUT2D eigenvalue weighted by molar-refractivity contribution is 0.0701. The fourth-order valence-electron chi connectivity index (χ4n) is 9.06. The van der Waals surface area contributed by atoms with Crippen molar-refractivity contribution in [1.29, 1.82) is 0 Å². The average molecular weight is 909 g/mol. The van der Waals surface area contributed by atoms with Gasteiger partial charge in [0, 0.05) is 72.5 Å². The van der Waals surface area contributed by atoms with Gasteiger partial charge in [-0.1, -0.05) is 6.42 Å². The number of nitrogens with zero attached hydrogens (tertiary/aromatic N) is 5. The number of likely N-dealkylation sites (tertiary alicyclic amines) is 1. The number of aromatic amines is 2. The summed E-state index contributed by atoms with van der Waals surface area (Å²) in [6, 6.07) is 23.5. The molecule has 4 aromatic heterocycles. The normalized spacial score (nSPS) is 15.0. The molecule has 0 amide bonds. The van der Waals surface area contributed by atoms with Crippen molar-refractivity contribution in [2.75, 3.05) is 67.3 Å². The Bertz CT molecular complexity index is 2890. The number of benzene rings is 4. The quantitative estimate of drug-likeness (QED) is 0.0741. The molecule has 0 bridgehead atoms. The highest BCUT2D eigenvalue weighted by atomic mass is 16.5. The summed E-state index contributed by atoms with van der Waals surface area (Å²) >= 11 is 0. The second-order valence-electron chi connectivity index (χ2n) is 17.2. The van der Waals surface area contributed by atoms with Gasteiger partial charge in [-0.2, -0.15) is 0 Å². The Morgan fingerprint density at radius 2 is 1.33 bits per heavy atom. The van der Waals surface area contributed by atoms with E-state index < -0.39 is 0 Å². The first-order valence-electron chi connectivity index (χ1n) is 23.3. The van der Waals surface area contributed by atoms with E-state index in [1.165, 1.54) is 45.0 Å². The minimum absolute atomic E-state index is 0.0393. The predicted molar refractivity (Wildman–Crippen MR) is 261 cm³/mol. The monoisotopic (exact) mass is 908 g/mol. The van der Waals surface area contributed by atoms with Crippen molar-refractivity contribution in [3.05, 3.63) is 97.3 Å². The fourth-order valence-corrected chi connectivity index (χ4v) is 9.06. The highest BCUT2D eigenvalue weighted by Crippen LogP contribution is 2.39. The molecular formula is C52H60N8O7. The number of aromatic nitrogens is 6. The molecule has 1 unspecified atom stereocenters. The molecule has 6 heterocycles. The van der Waals surface area contributed by atoms with E-state index in [1.54, 1.807) is 21.3 Å². The molecular weight excluding hydrogens is 849 g/mol. The van der Waals surface area contributed by atoms with Crippen LogP contribution in [-0.2, 0) is 4.74 Å². The summed E-state index contributed by atoms with van der Waals surface area (Å²) in [5, 5.41) is 7.14. The van der Waals surface area contributed by atoms with E-state index in [-0.39, 0.29) is 6.10 Å². The summed E-state index contributed by atoms with van der Waals surface area (Å²) in [4.78, 5) is 26.7. The summed E-state index contributed by atoms with van der Waals surface area (Å²) in [6.07, 6.45) is 12.9. The SMILES string of the molecule is COCCC(Oc1cc2ncnc(Oc3ccc4[nH]c(C)cc4c3)c2cc1OC)C1CCNCC1.COc1cc2c(Oc3ccc4[nH]ccc4c3)ncnc2cc1OCCCN1CCCCC1. The molecule has 67 heavy (non-hydrogen) atoms. The topological polar surface area (TPSA) is 163 Å². The van der Waals surface area contributed by atoms with Crippen LogP contribution in [0.2, 0.25) is 0 Å². The molecule has 8 aromatic rings. The molecule has 0 radical (unpaired) electrons.